The molecular weight excluding hydrogens is 294 g/mol. The van der Waals surface area contributed by atoms with Crippen LogP contribution in [0.1, 0.15) is 19.4 Å². The lowest BCUT2D eigenvalue weighted by molar-refractivity contribution is 0.550. The summed E-state index contributed by atoms with van der Waals surface area (Å²) in [5.41, 5.74) is 1.20. The number of halogens is 1. The Morgan fingerprint density at radius 2 is 2.11 bits per heavy atom. The van der Waals surface area contributed by atoms with Crippen molar-refractivity contribution in [2.24, 2.45) is 5.92 Å². The molecule has 0 amide bonds. The highest BCUT2D eigenvalue weighted by molar-refractivity contribution is 8.01. The molecular formula is C15H18ClNS2. The van der Waals surface area contributed by atoms with Crippen LogP contribution in [0.15, 0.2) is 44.8 Å². The van der Waals surface area contributed by atoms with Crippen LogP contribution in [-0.2, 0) is 6.54 Å². The number of nitrogens with one attached hydrogen (secondary N) is 1. The highest BCUT2D eigenvalue weighted by Gasteiger charge is 2.09. The second kappa shape index (κ2) is 7.34. The van der Waals surface area contributed by atoms with E-state index in [0.717, 1.165) is 18.1 Å². The van der Waals surface area contributed by atoms with Crippen LogP contribution in [-0.4, -0.2) is 6.54 Å². The van der Waals surface area contributed by atoms with E-state index in [2.05, 4.69) is 42.7 Å². The smallest absolute Gasteiger partial charge is 0.0646 e. The first kappa shape index (κ1) is 14.9. The van der Waals surface area contributed by atoms with Crippen molar-refractivity contribution in [3.05, 3.63) is 46.3 Å². The lowest BCUT2D eigenvalue weighted by atomic mass is 10.2. The third kappa shape index (κ3) is 4.53. The first-order valence-electron chi connectivity index (χ1n) is 6.36. The standard InChI is InChI=1S/C15H18ClNS2/c1-11(2)9-17-10-12-13(16)5-3-6-14(12)19-15-7-4-8-18-15/h3-8,11,17H,9-10H2,1-2H3. The normalized spacial score (nSPS) is 11.2. The van der Waals surface area contributed by atoms with Gasteiger partial charge in [0.2, 0.25) is 0 Å². The summed E-state index contributed by atoms with van der Waals surface area (Å²) in [5, 5.41) is 6.41. The van der Waals surface area contributed by atoms with Crippen LogP contribution >= 0.6 is 34.7 Å². The van der Waals surface area contributed by atoms with E-state index in [-0.39, 0.29) is 0 Å². The zero-order valence-corrected chi connectivity index (χ0v) is 13.5. The van der Waals surface area contributed by atoms with Crippen molar-refractivity contribution in [3.63, 3.8) is 0 Å². The van der Waals surface area contributed by atoms with E-state index in [1.165, 1.54) is 14.7 Å². The van der Waals surface area contributed by atoms with Gasteiger partial charge >= 0.3 is 0 Å². The first-order valence-corrected chi connectivity index (χ1v) is 8.43. The van der Waals surface area contributed by atoms with Gasteiger partial charge in [-0.2, -0.15) is 0 Å². The van der Waals surface area contributed by atoms with Crippen molar-refractivity contribution in [2.45, 2.75) is 29.5 Å². The van der Waals surface area contributed by atoms with E-state index >= 15 is 0 Å². The molecule has 2 rings (SSSR count). The van der Waals surface area contributed by atoms with Crippen LogP contribution in [0, 0.1) is 5.92 Å². The first-order chi connectivity index (χ1) is 9.16. The van der Waals surface area contributed by atoms with Gasteiger partial charge in [0, 0.05) is 16.5 Å². The molecule has 1 aromatic carbocycles. The van der Waals surface area contributed by atoms with Crippen LogP contribution in [0.5, 0.6) is 0 Å². The zero-order chi connectivity index (χ0) is 13.7. The van der Waals surface area contributed by atoms with Gasteiger partial charge in [0.25, 0.3) is 0 Å². The Balaban J connectivity index is 2.11. The third-order valence-corrected chi connectivity index (χ3v) is 5.13. The number of hydrogen-bond acceptors (Lipinski definition) is 3. The molecule has 4 heteroatoms. The predicted octanol–water partition coefficient (Wildman–Crippen LogP) is 5.30. The van der Waals surface area contributed by atoms with Crippen LogP contribution < -0.4 is 5.32 Å². The Kier molecular flexibility index (Phi) is 5.76. The molecule has 2 aromatic rings. The molecule has 0 radical (unpaired) electrons. The van der Waals surface area contributed by atoms with Gasteiger partial charge in [-0.05, 0) is 41.6 Å². The molecule has 0 bridgehead atoms. The Morgan fingerprint density at radius 1 is 1.26 bits per heavy atom. The molecule has 0 aliphatic carbocycles. The van der Waals surface area contributed by atoms with E-state index in [0.29, 0.717) is 5.92 Å². The molecule has 102 valence electrons. The lowest BCUT2D eigenvalue weighted by Crippen LogP contribution is -2.19. The summed E-state index contributed by atoms with van der Waals surface area (Å²) in [7, 11) is 0. The van der Waals surface area contributed by atoms with Gasteiger partial charge < -0.3 is 5.32 Å². The van der Waals surface area contributed by atoms with Crippen molar-refractivity contribution >= 4 is 34.7 Å². The largest absolute Gasteiger partial charge is 0.312 e. The molecule has 0 saturated carbocycles. The molecule has 0 spiro atoms. The Labute approximate surface area is 128 Å². The second-order valence-electron chi connectivity index (χ2n) is 4.78. The molecule has 1 heterocycles. The molecule has 0 aliphatic rings. The molecule has 1 aromatic heterocycles. The van der Waals surface area contributed by atoms with E-state index in [1.807, 2.05) is 12.1 Å². The summed E-state index contributed by atoms with van der Waals surface area (Å²) in [5.74, 6) is 0.649. The minimum atomic E-state index is 0.649. The highest BCUT2D eigenvalue weighted by atomic mass is 35.5. The molecule has 1 N–H and O–H groups in total. The summed E-state index contributed by atoms with van der Waals surface area (Å²) >= 11 is 9.88. The van der Waals surface area contributed by atoms with Crippen molar-refractivity contribution in [3.8, 4) is 0 Å². The van der Waals surface area contributed by atoms with Gasteiger partial charge in [0.05, 0.1) is 4.21 Å². The molecule has 1 nitrogen and oxygen atoms in total. The molecule has 0 fully saturated rings. The number of rotatable bonds is 6. The fourth-order valence-electron chi connectivity index (χ4n) is 1.72. The minimum Gasteiger partial charge on any atom is -0.312 e. The average Bonchev–Trinajstić information content (AvgIpc) is 2.85. The Morgan fingerprint density at radius 3 is 2.79 bits per heavy atom. The van der Waals surface area contributed by atoms with Crippen LogP contribution in [0.4, 0.5) is 0 Å². The summed E-state index contributed by atoms with van der Waals surface area (Å²) in [6.45, 7) is 6.25. The van der Waals surface area contributed by atoms with E-state index in [1.54, 1.807) is 23.1 Å². The van der Waals surface area contributed by atoms with Gasteiger partial charge in [0.15, 0.2) is 0 Å². The highest BCUT2D eigenvalue weighted by Crippen LogP contribution is 2.35. The fraction of sp³-hybridized carbons (Fsp3) is 0.333. The predicted molar refractivity (Wildman–Crippen MR) is 86.4 cm³/mol. The summed E-state index contributed by atoms with van der Waals surface area (Å²) in [6.07, 6.45) is 0. The molecule has 0 saturated heterocycles. The maximum atomic E-state index is 6.33. The number of hydrogen-bond donors (Lipinski definition) is 1. The van der Waals surface area contributed by atoms with Gasteiger partial charge in [-0.1, -0.05) is 49.3 Å². The van der Waals surface area contributed by atoms with Gasteiger partial charge in [0.1, 0.15) is 0 Å². The Hall–Kier alpha value is -0.480. The van der Waals surface area contributed by atoms with E-state index < -0.39 is 0 Å². The SMILES string of the molecule is CC(C)CNCc1c(Cl)cccc1Sc1cccs1. The van der Waals surface area contributed by atoms with Crippen LogP contribution in [0.2, 0.25) is 5.02 Å². The van der Waals surface area contributed by atoms with E-state index in [9.17, 15) is 0 Å². The van der Waals surface area contributed by atoms with Crippen molar-refractivity contribution in [1.29, 1.82) is 0 Å². The van der Waals surface area contributed by atoms with Gasteiger partial charge in [-0.15, -0.1) is 11.3 Å². The van der Waals surface area contributed by atoms with Crippen LogP contribution in [0.25, 0.3) is 0 Å². The molecule has 0 aliphatic heterocycles. The summed E-state index contributed by atoms with van der Waals surface area (Å²) in [6, 6.07) is 10.3. The fourth-order valence-corrected chi connectivity index (χ4v) is 3.91. The third-order valence-electron chi connectivity index (χ3n) is 2.64. The zero-order valence-electron chi connectivity index (χ0n) is 11.2. The molecule has 0 atom stereocenters. The quantitative estimate of drug-likeness (QED) is 0.777. The van der Waals surface area contributed by atoms with Crippen LogP contribution in [0.3, 0.4) is 0 Å². The Bertz CT molecular complexity index is 509. The van der Waals surface area contributed by atoms with E-state index in [4.69, 9.17) is 11.6 Å². The molecule has 19 heavy (non-hydrogen) atoms. The summed E-state index contributed by atoms with van der Waals surface area (Å²) in [4.78, 5) is 1.24. The maximum Gasteiger partial charge on any atom is 0.0646 e. The molecule has 0 unspecified atom stereocenters. The second-order valence-corrected chi connectivity index (χ2v) is 7.47. The van der Waals surface area contributed by atoms with Gasteiger partial charge in [-0.3, -0.25) is 0 Å². The van der Waals surface area contributed by atoms with Crippen molar-refractivity contribution in [1.82, 2.24) is 5.32 Å². The van der Waals surface area contributed by atoms with Gasteiger partial charge in [-0.25, -0.2) is 0 Å². The average molecular weight is 312 g/mol. The number of thiophene rings is 1. The van der Waals surface area contributed by atoms with Crippen molar-refractivity contribution in [2.75, 3.05) is 6.54 Å². The number of benzene rings is 1. The van der Waals surface area contributed by atoms with Crippen molar-refractivity contribution < 1.29 is 0 Å². The monoisotopic (exact) mass is 311 g/mol. The minimum absolute atomic E-state index is 0.649. The topological polar surface area (TPSA) is 12.0 Å². The lowest BCUT2D eigenvalue weighted by Gasteiger charge is -2.12. The maximum absolute atomic E-state index is 6.33. The summed E-state index contributed by atoms with van der Waals surface area (Å²) < 4.78 is 1.30.